The second-order valence-corrected chi connectivity index (χ2v) is 5.06. The van der Waals surface area contributed by atoms with Crippen LogP contribution in [0.15, 0.2) is 42.7 Å². The van der Waals surface area contributed by atoms with Gasteiger partial charge in [-0.25, -0.2) is 9.50 Å². The number of halogens is 1. The second-order valence-electron chi connectivity index (χ2n) is 4.62. The van der Waals surface area contributed by atoms with Crippen LogP contribution in [-0.4, -0.2) is 27.7 Å². The van der Waals surface area contributed by atoms with Crippen LogP contribution in [0.4, 0.5) is 5.82 Å². The Kier molecular flexibility index (Phi) is 3.92. The molecule has 3 rings (SSSR count). The van der Waals surface area contributed by atoms with Crippen molar-refractivity contribution in [2.75, 3.05) is 18.5 Å². The van der Waals surface area contributed by atoms with Gasteiger partial charge in [0.1, 0.15) is 17.9 Å². The summed E-state index contributed by atoms with van der Waals surface area (Å²) < 4.78 is 7.44. The zero-order chi connectivity index (χ0) is 14.7. The van der Waals surface area contributed by atoms with Crippen molar-refractivity contribution in [3.05, 3.63) is 53.4 Å². The van der Waals surface area contributed by atoms with Crippen LogP contribution in [0.3, 0.4) is 0 Å². The minimum absolute atomic E-state index is 0.539. The lowest BCUT2D eigenvalue weighted by Gasteiger charge is -2.08. The molecule has 1 aromatic carbocycles. The summed E-state index contributed by atoms with van der Waals surface area (Å²) in [6.45, 7) is 3.15. The lowest BCUT2D eigenvalue weighted by Crippen LogP contribution is -2.13. The first kappa shape index (κ1) is 13.7. The van der Waals surface area contributed by atoms with Crippen molar-refractivity contribution in [3.8, 4) is 5.75 Å². The maximum Gasteiger partial charge on any atom is 0.152 e. The Balaban J connectivity index is 1.58. The minimum atomic E-state index is 0.539. The highest BCUT2D eigenvalue weighted by Gasteiger charge is 2.04. The summed E-state index contributed by atoms with van der Waals surface area (Å²) in [5, 5.41) is 8.31. The smallest absolute Gasteiger partial charge is 0.152 e. The van der Waals surface area contributed by atoms with Crippen molar-refractivity contribution in [2.45, 2.75) is 6.92 Å². The van der Waals surface area contributed by atoms with E-state index in [9.17, 15) is 0 Å². The average Bonchev–Trinajstić information content (AvgIpc) is 2.86. The Labute approximate surface area is 127 Å². The molecule has 1 N–H and O–H groups in total. The fraction of sp³-hybridized carbons (Fsp3) is 0.200. The molecule has 0 amide bonds. The van der Waals surface area contributed by atoms with E-state index in [0.717, 1.165) is 22.8 Å². The number of benzene rings is 1. The van der Waals surface area contributed by atoms with E-state index in [1.54, 1.807) is 6.20 Å². The summed E-state index contributed by atoms with van der Waals surface area (Å²) >= 11 is 5.83. The molecule has 0 radical (unpaired) electrons. The molecule has 0 aliphatic rings. The first-order valence-corrected chi connectivity index (χ1v) is 7.03. The molecule has 0 aliphatic heterocycles. The van der Waals surface area contributed by atoms with Gasteiger partial charge in [-0.3, -0.25) is 0 Å². The molecule has 0 saturated carbocycles. The molecule has 0 unspecified atom stereocenters. The number of aryl methyl sites for hydroxylation is 1. The standard InChI is InChI=1S/C15H15ClN4O/c1-11-10-14-15(17-6-8-20(14)19-11)18-7-9-21-13-4-2-12(16)3-5-13/h2-6,8,10H,7,9H2,1H3,(H,17,18). The molecular formula is C15H15ClN4O. The molecule has 108 valence electrons. The van der Waals surface area contributed by atoms with Crippen LogP contribution in [0, 0.1) is 6.92 Å². The van der Waals surface area contributed by atoms with E-state index >= 15 is 0 Å². The maximum absolute atomic E-state index is 5.83. The molecular weight excluding hydrogens is 288 g/mol. The summed E-state index contributed by atoms with van der Waals surface area (Å²) in [6.07, 6.45) is 3.56. The van der Waals surface area contributed by atoms with E-state index in [-0.39, 0.29) is 0 Å². The Bertz CT molecular complexity index is 739. The molecule has 0 saturated heterocycles. The van der Waals surface area contributed by atoms with Crippen molar-refractivity contribution in [2.24, 2.45) is 0 Å². The predicted octanol–water partition coefficient (Wildman–Crippen LogP) is 3.18. The number of hydrogen-bond acceptors (Lipinski definition) is 4. The van der Waals surface area contributed by atoms with Crippen LogP contribution in [0.25, 0.3) is 5.52 Å². The zero-order valence-corrected chi connectivity index (χ0v) is 12.3. The molecule has 0 aliphatic carbocycles. The van der Waals surface area contributed by atoms with Crippen molar-refractivity contribution in [3.63, 3.8) is 0 Å². The van der Waals surface area contributed by atoms with E-state index in [1.165, 1.54) is 0 Å². The van der Waals surface area contributed by atoms with Crippen molar-refractivity contribution >= 4 is 22.9 Å². The van der Waals surface area contributed by atoms with Gasteiger partial charge in [-0.15, -0.1) is 0 Å². The lowest BCUT2D eigenvalue weighted by molar-refractivity contribution is 0.333. The van der Waals surface area contributed by atoms with E-state index in [0.29, 0.717) is 18.2 Å². The number of anilines is 1. The highest BCUT2D eigenvalue weighted by molar-refractivity contribution is 6.30. The van der Waals surface area contributed by atoms with Crippen molar-refractivity contribution in [1.82, 2.24) is 14.6 Å². The molecule has 0 fully saturated rings. The molecule has 3 aromatic rings. The van der Waals surface area contributed by atoms with Crippen LogP contribution >= 0.6 is 11.6 Å². The molecule has 5 nitrogen and oxygen atoms in total. The zero-order valence-electron chi connectivity index (χ0n) is 11.6. The van der Waals surface area contributed by atoms with Gasteiger partial charge >= 0.3 is 0 Å². The SMILES string of the molecule is Cc1cc2c(NCCOc3ccc(Cl)cc3)nccn2n1. The molecule has 0 bridgehead atoms. The minimum Gasteiger partial charge on any atom is -0.492 e. The fourth-order valence-corrected chi connectivity index (χ4v) is 2.18. The highest BCUT2D eigenvalue weighted by atomic mass is 35.5. The number of rotatable bonds is 5. The Hall–Kier alpha value is -2.27. The normalized spacial score (nSPS) is 10.8. The number of fused-ring (bicyclic) bond motifs is 1. The third kappa shape index (κ3) is 3.25. The van der Waals surface area contributed by atoms with Crippen LogP contribution in [0.5, 0.6) is 5.75 Å². The number of aromatic nitrogens is 3. The summed E-state index contributed by atoms with van der Waals surface area (Å²) in [6, 6.07) is 9.31. The summed E-state index contributed by atoms with van der Waals surface area (Å²) in [7, 11) is 0. The largest absolute Gasteiger partial charge is 0.492 e. The summed E-state index contributed by atoms with van der Waals surface area (Å²) in [4.78, 5) is 4.33. The quantitative estimate of drug-likeness (QED) is 0.736. The van der Waals surface area contributed by atoms with Crippen LogP contribution < -0.4 is 10.1 Å². The fourth-order valence-electron chi connectivity index (χ4n) is 2.05. The Morgan fingerprint density at radius 1 is 1.29 bits per heavy atom. The molecule has 21 heavy (non-hydrogen) atoms. The van der Waals surface area contributed by atoms with Gasteiger partial charge in [0.15, 0.2) is 5.82 Å². The van der Waals surface area contributed by atoms with Gasteiger partial charge in [-0.2, -0.15) is 5.10 Å². The maximum atomic E-state index is 5.83. The molecule has 0 atom stereocenters. The number of ether oxygens (including phenoxy) is 1. The first-order valence-electron chi connectivity index (χ1n) is 6.65. The Morgan fingerprint density at radius 2 is 2.10 bits per heavy atom. The monoisotopic (exact) mass is 302 g/mol. The second kappa shape index (κ2) is 6.01. The third-order valence-electron chi connectivity index (χ3n) is 2.99. The van der Waals surface area contributed by atoms with Crippen LogP contribution in [-0.2, 0) is 0 Å². The van der Waals surface area contributed by atoms with Gasteiger partial charge < -0.3 is 10.1 Å². The third-order valence-corrected chi connectivity index (χ3v) is 3.24. The van der Waals surface area contributed by atoms with Crippen molar-refractivity contribution < 1.29 is 4.74 Å². The van der Waals surface area contributed by atoms with Gasteiger partial charge in [0, 0.05) is 17.4 Å². The highest BCUT2D eigenvalue weighted by Crippen LogP contribution is 2.16. The average molecular weight is 303 g/mol. The van der Waals surface area contributed by atoms with E-state index in [4.69, 9.17) is 16.3 Å². The van der Waals surface area contributed by atoms with Gasteiger partial charge in [-0.05, 0) is 37.3 Å². The molecule has 2 aromatic heterocycles. The van der Waals surface area contributed by atoms with Crippen LogP contribution in [0.2, 0.25) is 5.02 Å². The molecule has 0 spiro atoms. The predicted molar refractivity (Wildman–Crippen MR) is 83.2 cm³/mol. The molecule has 2 heterocycles. The summed E-state index contributed by atoms with van der Waals surface area (Å²) in [5.74, 6) is 1.60. The van der Waals surface area contributed by atoms with E-state index in [1.807, 2.05) is 48.0 Å². The molecule has 6 heteroatoms. The van der Waals surface area contributed by atoms with E-state index < -0.39 is 0 Å². The van der Waals surface area contributed by atoms with Gasteiger partial charge in [0.05, 0.1) is 12.2 Å². The summed E-state index contributed by atoms with van der Waals surface area (Å²) in [5.41, 5.74) is 1.92. The number of nitrogens with one attached hydrogen (secondary N) is 1. The number of hydrogen-bond donors (Lipinski definition) is 1. The van der Waals surface area contributed by atoms with Gasteiger partial charge in [0.25, 0.3) is 0 Å². The van der Waals surface area contributed by atoms with Gasteiger partial charge in [0.2, 0.25) is 0 Å². The van der Waals surface area contributed by atoms with E-state index in [2.05, 4.69) is 15.4 Å². The van der Waals surface area contributed by atoms with Crippen molar-refractivity contribution in [1.29, 1.82) is 0 Å². The first-order chi connectivity index (χ1) is 10.2. The topological polar surface area (TPSA) is 51.5 Å². The van der Waals surface area contributed by atoms with Gasteiger partial charge in [-0.1, -0.05) is 11.6 Å². The number of nitrogens with zero attached hydrogens (tertiary/aromatic N) is 3. The van der Waals surface area contributed by atoms with Crippen LogP contribution in [0.1, 0.15) is 5.69 Å². The Morgan fingerprint density at radius 3 is 2.90 bits per heavy atom. The lowest BCUT2D eigenvalue weighted by atomic mass is 10.3.